The number of nitrogens with zero attached hydrogens (tertiary/aromatic N) is 3. The first-order valence-electron chi connectivity index (χ1n) is 8.36. The van der Waals surface area contributed by atoms with Crippen molar-refractivity contribution in [3.8, 4) is 11.8 Å². The number of nitrogens with one attached hydrogen (secondary N) is 1. The van der Waals surface area contributed by atoms with Gasteiger partial charge in [-0.25, -0.2) is 23.7 Å². The summed E-state index contributed by atoms with van der Waals surface area (Å²) < 4.78 is 32.1. The molecule has 0 bridgehead atoms. The van der Waals surface area contributed by atoms with E-state index in [1.165, 1.54) is 6.07 Å². The predicted octanol–water partition coefficient (Wildman–Crippen LogP) is 5.07. The maximum atomic E-state index is 13.4. The molecule has 3 aromatic rings. The smallest absolute Gasteiger partial charge is 0.321 e. The zero-order valence-electron chi connectivity index (χ0n) is 14.7. The molecule has 0 atom stereocenters. The Morgan fingerprint density at radius 3 is 2.66 bits per heavy atom. The van der Waals surface area contributed by atoms with E-state index in [-0.39, 0.29) is 22.8 Å². The molecule has 0 aliphatic carbocycles. The largest absolute Gasteiger partial charge is 0.424 e. The molecule has 1 saturated heterocycles. The van der Waals surface area contributed by atoms with Crippen LogP contribution >= 0.6 is 11.8 Å². The van der Waals surface area contributed by atoms with E-state index < -0.39 is 11.6 Å². The van der Waals surface area contributed by atoms with E-state index in [0.29, 0.717) is 10.7 Å². The number of halogens is 2. The lowest BCUT2D eigenvalue weighted by Crippen LogP contribution is -2.18. The topological polar surface area (TPSA) is 76.5 Å². The van der Waals surface area contributed by atoms with Crippen molar-refractivity contribution in [2.45, 2.75) is 0 Å². The van der Waals surface area contributed by atoms with Crippen LogP contribution in [0.2, 0.25) is 0 Å². The molecule has 144 valence electrons. The number of aliphatic imine (C=N–C) groups is 1. The molecule has 0 spiro atoms. The van der Waals surface area contributed by atoms with E-state index in [9.17, 15) is 13.6 Å². The van der Waals surface area contributed by atoms with Crippen LogP contribution < -0.4 is 10.1 Å². The summed E-state index contributed by atoms with van der Waals surface area (Å²) >= 11 is 0.952. The molecule has 0 radical (unpaired) electrons. The second-order valence-electron chi connectivity index (χ2n) is 5.79. The molecule has 1 aliphatic rings. The molecular weight excluding hydrogens is 398 g/mol. The van der Waals surface area contributed by atoms with E-state index in [4.69, 9.17) is 4.74 Å². The average Bonchev–Trinajstić information content (AvgIpc) is 3.04. The van der Waals surface area contributed by atoms with Gasteiger partial charge in [0.1, 0.15) is 11.6 Å². The lowest BCUT2D eigenvalue weighted by molar-refractivity contribution is 0.265. The summed E-state index contributed by atoms with van der Waals surface area (Å²) in [6.45, 7) is 0. The lowest BCUT2D eigenvalue weighted by Gasteiger charge is -2.04. The second-order valence-corrected chi connectivity index (χ2v) is 6.80. The Kier molecular flexibility index (Phi) is 5.30. The molecule has 9 heteroatoms. The molecule has 0 saturated carbocycles. The molecule has 2 aromatic carbocycles. The Hall–Kier alpha value is -3.59. The number of benzene rings is 2. The molecule has 1 fully saturated rings. The van der Waals surface area contributed by atoms with Crippen LogP contribution in [0.3, 0.4) is 0 Å². The van der Waals surface area contributed by atoms with Gasteiger partial charge >= 0.3 is 6.01 Å². The van der Waals surface area contributed by atoms with Gasteiger partial charge < -0.3 is 10.1 Å². The van der Waals surface area contributed by atoms with Crippen LogP contribution in [0.1, 0.15) is 5.56 Å². The van der Waals surface area contributed by atoms with Crippen molar-refractivity contribution in [3.63, 3.8) is 0 Å². The van der Waals surface area contributed by atoms with Gasteiger partial charge in [0.25, 0.3) is 5.24 Å². The van der Waals surface area contributed by atoms with Gasteiger partial charge in [-0.1, -0.05) is 12.1 Å². The molecule has 1 N–H and O–H groups in total. The van der Waals surface area contributed by atoms with Crippen molar-refractivity contribution >= 4 is 34.6 Å². The fourth-order valence-electron chi connectivity index (χ4n) is 2.46. The highest BCUT2D eigenvalue weighted by molar-refractivity contribution is 8.18. The molecule has 1 aromatic heterocycles. The normalized spacial score (nSPS) is 16.3. The van der Waals surface area contributed by atoms with Crippen LogP contribution in [0.15, 0.2) is 70.8 Å². The number of carbonyl (C=O) groups excluding carboxylic acids is 1. The van der Waals surface area contributed by atoms with E-state index >= 15 is 0 Å². The zero-order chi connectivity index (χ0) is 20.2. The number of hydrogen-bond acceptors (Lipinski definition) is 6. The summed E-state index contributed by atoms with van der Waals surface area (Å²) in [4.78, 5) is 24.6. The first kappa shape index (κ1) is 18.8. The Labute approximate surface area is 168 Å². The summed E-state index contributed by atoms with van der Waals surface area (Å²) in [7, 11) is 0. The van der Waals surface area contributed by atoms with Gasteiger partial charge in [-0.15, -0.1) is 0 Å². The van der Waals surface area contributed by atoms with Crippen LogP contribution in [-0.4, -0.2) is 21.0 Å². The fourth-order valence-corrected chi connectivity index (χ4v) is 3.20. The van der Waals surface area contributed by atoms with Gasteiger partial charge in [-0.2, -0.15) is 0 Å². The number of thioether (sulfide) groups is 1. The molecule has 4 rings (SSSR count). The quantitative estimate of drug-likeness (QED) is 0.650. The number of rotatable bonds is 4. The first-order valence-corrected chi connectivity index (χ1v) is 9.18. The maximum Gasteiger partial charge on any atom is 0.321 e. The van der Waals surface area contributed by atoms with Gasteiger partial charge in [-0.3, -0.25) is 4.79 Å². The van der Waals surface area contributed by atoms with Crippen molar-refractivity contribution in [3.05, 3.63) is 83.0 Å². The third-order valence-electron chi connectivity index (χ3n) is 3.71. The van der Waals surface area contributed by atoms with Gasteiger partial charge in [0, 0.05) is 18.5 Å². The summed E-state index contributed by atoms with van der Waals surface area (Å²) in [5.74, 6) is -1.20. The van der Waals surface area contributed by atoms with E-state index in [2.05, 4.69) is 20.3 Å². The van der Waals surface area contributed by atoms with Crippen LogP contribution in [0.5, 0.6) is 11.8 Å². The van der Waals surface area contributed by atoms with Crippen molar-refractivity contribution in [1.82, 2.24) is 15.3 Å². The molecule has 2 heterocycles. The SMILES string of the molecule is O=C1NC(=Nc2ccc(F)c(F)c2)C(=Cc2cccc(Oc3ncccn3)c2)S1. The predicted molar refractivity (Wildman–Crippen MR) is 106 cm³/mol. The van der Waals surface area contributed by atoms with Crippen LogP contribution in [0.4, 0.5) is 19.3 Å². The Morgan fingerprint density at radius 1 is 1.03 bits per heavy atom. The summed E-state index contributed by atoms with van der Waals surface area (Å²) in [6.07, 6.45) is 4.88. The average molecular weight is 410 g/mol. The molecular formula is C20H12F2N4O2S. The molecule has 6 nitrogen and oxygen atoms in total. The number of carbonyl (C=O) groups is 1. The van der Waals surface area contributed by atoms with Gasteiger partial charge in [0.2, 0.25) is 0 Å². The number of amides is 1. The third-order valence-corrected chi connectivity index (χ3v) is 4.53. The van der Waals surface area contributed by atoms with Gasteiger partial charge in [-0.05, 0) is 53.7 Å². The zero-order valence-corrected chi connectivity index (χ0v) is 15.5. The monoisotopic (exact) mass is 410 g/mol. The molecule has 1 amide bonds. The number of aromatic nitrogens is 2. The highest BCUT2D eigenvalue weighted by atomic mass is 32.2. The number of hydrogen-bond donors (Lipinski definition) is 1. The molecule has 0 unspecified atom stereocenters. The van der Waals surface area contributed by atoms with E-state index in [1.54, 1.807) is 42.7 Å². The van der Waals surface area contributed by atoms with Crippen LogP contribution in [-0.2, 0) is 0 Å². The minimum Gasteiger partial charge on any atom is -0.424 e. The Bertz CT molecular complexity index is 1140. The minimum atomic E-state index is -1.01. The summed E-state index contributed by atoms with van der Waals surface area (Å²) in [5, 5.41) is 2.28. The number of amidine groups is 1. The van der Waals surface area contributed by atoms with Crippen molar-refractivity contribution < 1.29 is 18.3 Å². The highest BCUT2D eigenvalue weighted by Gasteiger charge is 2.23. The minimum absolute atomic E-state index is 0.186. The molecule has 1 aliphatic heterocycles. The standard InChI is InChI=1S/C20H12F2N4O2S/c21-15-6-5-13(11-16(15)22)25-18-17(29-20(27)26-18)10-12-3-1-4-14(9-12)28-19-23-7-2-8-24-19/h1-11H,(H,25,26,27). The summed E-state index contributed by atoms with van der Waals surface area (Å²) in [5.41, 5.74) is 0.932. The van der Waals surface area contributed by atoms with Gasteiger partial charge in [0.15, 0.2) is 11.6 Å². The highest BCUT2D eigenvalue weighted by Crippen LogP contribution is 2.30. The molecule has 29 heavy (non-hydrogen) atoms. The fraction of sp³-hybridized carbons (Fsp3) is 0. The third kappa shape index (κ3) is 4.64. The van der Waals surface area contributed by atoms with Crippen molar-refractivity contribution in [1.29, 1.82) is 0 Å². The maximum absolute atomic E-state index is 13.4. The van der Waals surface area contributed by atoms with Crippen molar-refractivity contribution in [2.75, 3.05) is 0 Å². The van der Waals surface area contributed by atoms with Gasteiger partial charge in [0.05, 0.1) is 10.6 Å². The Morgan fingerprint density at radius 2 is 1.86 bits per heavy atom. The number of ether oxygens (including phenoxy) is 1. The van der Waals surface area contributed by atoms with Crippen molar-refractivity contribution in [2.24, 2.45) is 4.99 Å². The second kappa shape index (κ2) is 8.19. The lowest BCUT2D eigenvalue weighted by atomic mass is 10.2. The van der Waals surface area contributed by atoms with E-state index in [0.717, 1.165) is 29.5 Å². The van der Waals surface area contributed by atoms with Crippen LogP contribution in [0, 0.1) is 11.6 Å². The summed E-state index contributed by atoms with van der Waals surface area (Å²) in [6, 6.07) is 12.3. The Balaban J connectivity index is 1.62. The first-order chi connectivity index (χ1) is 14.1. The van der Waals surface area contributed by atoms with Crippen LogP contribution in [0.25, 0.3) is 6.08 Å². The van der Waals surface area contributed by atoms with E-state index in [1.807, 2.05) is 6.07 Å².